The number of hydrogen-bond acceptors (Lipinski definition) is 3. The SMILES string of the molecule is CCCO[Si](CC)(CCC1COC1)OCCC. The number of ether oxygens (including phenoxy) is 1. The number of rotatable bonds is 10. The van der Waals surface area contributed by atoms with E-state index >= 15 is 0 Å². The minimum absolute atomic E-state index is 0.754. The van der Waals surface area contributed by atoms with Gasteiger partial charge in [-0.15, -0.1) is 0 Å². The molecular formula is C13H28O3Si. The summed E-state index contributed by atoms with van der Waals surface area (Å²) in [6, 6.07) is 2.21. The molecule has 0 bridgehead atoms. The first-order chi connectivity index (χ1) is 8.26. The maximum absolute atomic E-state index is 6.12. The molecule has 1 heterocycles. The Bertz CT molecular complexity index is 187. The van der Waals surface area contributed by atoms with E-state index in [-0.39, 0.29) is 0 Å². The van der Waals surface area contributed by atoms with Crippen LogP contribution in [0.15, 0.2) is 0 Å². The lowest BCUT2D eigenvalue weighted by Gasteiger charge is -2.33. The second-order valence-corrected chi connectivity index (χ2v) is 8.51. The van der Waals surface area contributed by atoms with Crippen LogP contribution in [-0.2, 0) is 13.6 Å². The number of hydrogen-bond donors (Lipinski definition) is 0. The molecule has 0 aromatic carbocycles. The molecule has 0 saturated carbocycles. The van der Waals surface area contributed by atoms with Crippen molar-refractivity contribution in [1.29, 1.82) is 0 Å². The van der Waals surface area contributed by atoms with Crippen LogP contribution in [0.3, 0.4) is 0 Å². The fourth-order valence-electron chi connectivity index (χ4n) is 2.02. The first-order valence-electron chi connectivity index (χ1n) is 7.12. The van der Waals surface area contributed by atoms with Crippen molar-refractivity contribution in [2.24, 2.45) is 5.92 Å². The molecule has 0 radical (unpaired) electrons. The average Bonchev–Trinajstić information content (AvgIpc) is 2.30. The van der Waals surface area contributed by atoms with E-state index in [1.165, 1.54) is 6.42 Å². The van der Waals surface area contributed by atoms with E-state index < -0.39 is 8.56 Å². The zero-order valence-electron chi connectivity index (χ0n) is 11.7. The van der Waals surface area contributed by atoms with Crippen molar-refractivity contribution in [2.75, 3.05) is 26.4 Å². The van der Waals surface area contributed by atoms with Gasteiger partial charge in [0, 0.05) is 19.1 Å². The second-order valence-electron chi connectivity index (χ2n) is 4.90. The smallest absolute Gasteiger partial charge is 0.337 e. The van der Waals surface area contributed by atoms with Gasteiger partial charge in [-0.25, -0.2) is 0 Å². The molecule has 1 aliphatic rings. The van der Waals surface area contributed by atoms with Crippen LogP contribution in [0.4, 0.5) is 0 Å². The average molecular weight is 260 g/mol. The van der Waals surface area contributed by atoms with E-state index in [9.17, 15) is 0 Å². The highest BCUT2D eigenvalue weighted by atomic mass is 28.4. The van der Waals surface area contributed by atoms with Crippen molar-refractivity contribution in [3.05, 3.63) is 0 Å². The maximum Gasteiger partial charge on any atom is 0.337 e. The van der Waals surface area contributed by atoms with Crippen LogP contribution in [0, 0.1) is 5.92 Å². The van der Waals surface area contributed by atoms with Crippen LogP contribution in [0.25, 0.3) is 0 Å². The molecule has 0 amide bonds. The van der Waals surface area contributed by atoms with E-state index in [1.807, 2.05) is 0 Å². The van der Waals surface area contributed by atoms with Crippen LogP contribution in [-0.4, -0.2) is 35.0 Å². The van der Waals surface area contributed by atoms with Crippen LogP contribution in [0.2, 0.25) is 12.1 Å². The summed E-state index contributed by atoms with van der Waals surface area (Å²) in [5.74, 6) is 0.754. The van der Waals surface area contributed by atoms with Crippen molar-refractivity contribution in [3.63, 3.8) is 0 Å². The van der Waals surface area contributed by atoms with Crippen molar-refractivity contribution in [1.82, 2.24) is 0 Å². The van der Waals surface area contributed by atoms with Gasteiger partial charge in [0.25, 0.3) is 0 Å². The summed E-state index contributed by atoms with van der Waals surface area (Å²) in [7, 11) is -1.91. The molecule has 102 valence electrons. The van der Waals surface area contributed by atoms with Crippen LogP contribution >= 0.6 is 0 Å². The van der Waals surface area contributed by atoms with Gasteiger partial charge >= 0.3 is 8.56 Å². The molecule has 1 rings (SSSR count). The molecule has 4 heteroatoms. The maximum atomic E-state index is 6.12. The highest BCUT2D eigenvalue weighted by molar-refractivity contribution is 6.67. The van der Waals surface area contributed by atoms with Gasteiger partial charge in [-0.3, -0.25) is 0 Å². The van der Waals surface area contributed by atoms with Gasteiger partial charge in [0.1, 0.15) is 0 Å². The van der Waals surface area contributed by atoms with Crippen molar-refractivity contribution in [3.8, 4) is 0 Å². The fourth-order valence-corrected chi connectivity index (χ4v) is 5.15. The lowest BCUT2D eigenvalue weighted by Crippen LogP contribution is -2.43. The zero-order chi connectivity index (χ0) is 12.6. The molecule has 3 nitrogen and oxygen atoms in total. The third-order valence-corrected chi connectivity index (χ3v) is 6.91. The molecule has 0 aliphatic carbocycles. The first kappa shape index (κ1) is 15.2. The summed E-state index contributed by atoms with van der Waals surface area (Å²) in [5, 5.41) is 0. The first-order valence-corrected chi connectivity index (χ1v) is 9.35. The third kappa shape index (κ3) is 5.08. The summed E-state index contributed by atoms with van der Waals surface area (Å²) < 4.78 is 17.5. The Labute approximate surface area is 107 Å². The lowest BCUT2D eigenvalue weighted by atomic mass is 10.1. The van der Waals surface area contributed by atoms with Gasteiger partial charge in [0.2, 0.25) is 0 Å². The molecule has 0 N–H and O–H groups in total. The van der Waals surface area contributed by atoms with Crippen LogP contribution < -0.4 is 0 Å². The Hall–Kier alpha value is 0.0969. The Balaban J connectivity index is 2.40. The molecule has 17 heavy (non-hydrogen) atoms. The Morgan fingerprint density at radius 2 is 1.65 bits per heavy atom. The summed E-state index contributed by atoms with van der Waals surface area (Å²) in [6.45, 7) is 10.1. The van der Waals surface area contributed by atoms with E-state index in [2.05, 4.69) is 20.8 Å². The quantitative estimate of drug-likeness (QED) is 0.564. The predicted octanol–water partition coefficient (Wildman–Crippen LogP) is 3.34. The van der Waals surface area contributed by atoms with Gasteiger partial charge in [-0.05, 0) is 31.4 Å². The fraction of sp³-hybridized carbons (Fsp3) is 1.00. The third-order valence-electron chi connectivity index (χ3n) is 3.32. The molecule has 0 aromatic rings. The summed E-state index contributed by atoms with van der Waals surface area (Å²) >= 11 is 0. The molecule has 0 aromatic heterocycles. The van der Waals surface area contributed by atoms with E-state index in [0.29, 0.717) is 0 Å². The molecule has 1 saturated heterocycles. The van der Waals surface area contributed by atoms with Crippen LogP contribution in [0.1, 0.15) is 40.0 Å². The summed E-state index contributed by atoms with van der Waals surface area (Å²) in [5.41, 5.74) is 0. The molecule has 0 unspecified atom stereocenters. The summed E-state index contributed by atoms with van der Waals surface area (Å²) in [6.07, 6.45) is 3.38. The highest BCUT2D eigenvalue weighted by Crippen LogP contribution is 2.26. The van der Waals surface area contributed by atoms with Crippen molar-refractivity contribution >= 4 is 8.56 Å². The predicted molar refractivity (Wildman–Crippen MR) is 72.5 cm³/mol. The van der Waals surface area contributed by atoms with Gasteiger partial charge in [0.15, 0.2) is 0 Å². The van der Waals surface area contributed by atoms with E-state index in [1.54, 1.807) is 0 Å². The highest BCUT2D eigenvalue weighted by Gasteiger charge is 2.36. The minimum atomic E-state index is -1.91. The lowest BCUT2D eigenvalue weighted by molar-refractivity contribution is -0.0343. The second kappa shape index (κ2) is 8.24. The van der Waals surface area contributed by atoms with Crippen LogP contribution in [0.5, 0.6) is 0 Å². The van der Waals surface area contributed by atoms with E-state index in [4.69, 9.17) is 13.6 Å². The minimum Gasteiger partial charge on any atom is -0.394 e. The van der Waals surface area contributed by atoms with Gasteiger partial charge in [-0.2, -0.15) is 0 Å². The molecule has 0 atom stereocenters. The summed E-state index contributed by atoms with van der Waals surface area (Å²) in [4.78, 5) is 0. The Kier molecular flexibility index (Phi) is 7.35. The molecule has 1 fully saturated rings. The van der Waals surface area contributed by atoms with Gasteiger partial charge < -0.3 is 13.6 Å². The van der Waals surface area contributed by atoms with Crippen molar-refractivity contribution < 1.29 is 13.6 Å². The van der Waals surface area contributed by atoms with E-state index in [0.717, 1.165) is 57.3 Å². The van der Waals surface area contributed by atoms with Crippen molar-refractivity contribution in [2.45, 2.75) is 52.1 Å². The van der Waals surface area contributed by atoms with Gasteiger partial charge in [-0.1, -0.05) is 20.8 Å². The topological polar surface area (TPSA) is 27.7 Å². The van der Waals surface area contributed by atoms with Gasteiger partial charge in [0.05, 0.1) is 13.2 Å². The normalized spacial score (nSPS) is 17.1. The monoisotopic (exact) mass is 260 g/mol. The standard InChI is InChI=1S/C13H28O3Si/c1-4-8-15-17(6-3,16-9-5-2)10-7-13-11-14-12-13/h13H,4-12H2,1-3H3. The Morgan fingerprint density at radius 3 is 2.00 bits per heavy atom. The molecular weight excluding hydrogens is 232 g/mol. The molecule has 0 spiro atoms. The zero-order valence-corrected chi connectivity index (χ0v) is 12.7. The largest absolute Gasteiger partial charge is 0.394 e. The Morgan fingerprint density at radius 1 is 1.06 bits per heavy atom. The molecule has 1 aliphatic heterocycles.